The number of ether oxygens (including phenoxy) is 2. The molecule has 1 aromatic rings. The van der Waals surface area contributed by atoms with Gasteiger partial charge in [-0.1, -0.05) is 29.8 Å². The van der Waals surface area contributed by atoms with Crippen molar-refractivity contribution in [2.75, 3.05) is 46.1 Å². The Morgan fingerprint density at radius 2 is 2.00 bits per heavy atom. The van der Waals surface area contributed by atoms with Crippen molar-refractivity contribution in [2.24, 2.45) is 0 Å². The predicted octanol–water partition coefficient (Wildman–Crippen LogP) is 1.14. The fourth-order valence-corrected chi connectivity index (χ4v) is 3.84. The van der Waals surface area contributed by atoms with Crippen molar-refractivity contribution in [3.63, 3.8) is 0 Å². The van der Waals surface area contributed by atoms with Crippen LogP contribution in [0.15, 0.2) is 24.3 Å². The van der Waals surface area contributed by atoms with Crippen LogP contribution in [0.1, 0.15) is 24.0 Å². The molecule has 0 amide bonds. The molecule has 5 heteroatoms. The van der Waals surface area contributed by atoms with Gasteiger partial charge in [0.2, 0.25) is 0 Å². The van der Waals surface area contributed by atoms with E-state index in [1.807, 2.05) is 6.07 Å². The number of morpholine rings is 1. The summed E-state index contributed by atoms with van der Waals surface area (Å²) in [5.74, 6) is 0. The first-order chi connectivity index (χ1) is 11.5. The van der Waals surface area contributed by atoms with Gasteiger partial charge in [-0.15, -0.1) is 0 Å². The van der Waals surface area contributed by atoms with Gasteiger partial charge in [-0.05, 0) is 12.5 Å². The first-order valence-corrected chi connectivity index (χ1v) is 8.85. The summed E-state index contributed by atoms with van der Waals surface area (Å²) >= 11 is 0. The number of β-amino-alcohol motifs (C(OH)–C–C–N with tert-alkyl or cyclic N) is 1. The molecular weight excluding hydrogens is 306 g/mol. The Morgan fingerprint density at radius 1 is 1.21 bits per heavy atom. The summed E-state index contributed by atoms with van der Waals surface area (Å²) in [4.78, 5) is 2.24. The second-order valence-electron chi connectivity index (χ2n) is 7.40. The third kappa shape index (κ3) is 4.35. The molecule has 0 radical (unpaired) electrons. The van der Waals surface area contributed by atoms with Gasteiger partial charge in [-0.3, -0.25) is 4.90 Å². The van der Waals surface area contributed by atoms with Gasteiger partial charge in [0.25, 0.3) is 0 Å². The fraction of sp³-hybridized carbons (Fsp3) is 0.684. The molecule has 3 rings (SSSR count). The number of hydrogen-bond acceptors (Lipinski definition) is 5. The van der Waals surface area contributed by atoms with Crippen molar-refractivity contribution in [3.8, 4) is 0 Å². The average Bonchev–Trinajstić information content (AvgIpc) is 2.55. The maximum Gasteiger partial charge on any atom is 0.108 e. The Morgan fingerprint density at radius 3 is 2.71 bits per heavy atom. The number of aryl methyl sites for hydroxylation is 1. The summed E-state index contributed by atoms with van der Waals surface area (Å²) in [5.41, 5.74) is 1.12. The summed E-state index contributed by atoms with van der Waals surface area (Å²) in [6, 6.07) is 8.34. The lowest BCUT2D eigenvalue weighted by molar-refractivity contribution is -0.152. The third-order valence-corrected chi connectivity index (χ3v) is 5.17. The normalized spacial score (nSPS) is 28.0. The molecule has 2 N–H and O–H groups in total. The lowest BCUT2D eigenvalue weighted by Crippen LogP contribution is -2.59. The van der Waals surface area contributed by atoms with Crippen molar-refractivity contribution >= 4 is 0 Å². The van der Waals surface area contributed by atoms with E-state index in [2.05, 4.69) is 30.0 Å². The van der Waals surface area contributed by atoms with Crippen molar-refractivity contribution in [1.29, 1.82) is 0 Å². The monoisotopic (exact) mass is 335 g/mol. The van der Waals surface area contributed by atoms with Gasteiger partial charge >= 0.3 is 0 Å². The molecule has 0 aliphatic carbocycles. The predicted molar refractivity (Wildman–Crippen MR) is 92.1 cm³/mol. The standard InChI is InChI=1S/C19H29NO4/c1-16-3-2-4-17(11-16)12-19(15-21)14-20(7-10-24-19)13-18(22)5-8-23-9-6-18/h2-4,11,21-22H,5-10,12-15H2,1H3/t19-/m0/s1. The molecule has 0 saturated carbocycles. The number of benzene rings is 1. The minimum Gasteiger partial charge on any atom is -0.393 e. The van der Waals surface area contributed by atoms with Crippen molar-refractivity contribution in [2.45, 2.75) is 37.4 Å². The zero-order chi connectivity index (χ0) is 17.0. The highest BCUT2D eigenvalue weighted by Crippen LogP contribution is 2.27. The summed E-state index contributed by atoms with van der Waals surface area (Å²) < 4.78 is 11.4. The van der Waals surface area contributed by atoms with Gasteiger partial charge in [-0.2, -0.15) is 0 Å². The van der Waals surface area contributed by atoms with Crippen molar-refractivity contribution in [1.82, 2.24) is 4.90 Å². The molecule has 134 valence electrons. The fourth-order valence-electron chi connectivity index (χ4n) is 3.84. The van der Waals surface area contributed by atoms with E-state index >= 15 is 0 Å². The molecule has 2 aliphatic rings. The second kappa shape index (κ2) is 7.50. The minimum atomic E-state index is -0.680. The van der Waals surface area contributed by atoms with Gasteiger partial charge in [0, 0.05) is 52.1 Å². The van der Waals surface area contributed by atoms with Crippen LogP contribution in [0.5, 0.6) is 0 Å². The lowest BCUT2D eigenvalue weighted by atomic mass is 9.90. The van der Waals surface area contributed by atoms with E-state index in [0.29, 0.717) is 52.2 Å². The first-order valence-electron chi connectivity index (χ1n) is 8.85. The lowest BCUT2D eigenvalue weighted by Gasteiger charge is -2.45. The molecule has 24 heavy (non-hydrogen) atoms. The maximum absolute atomic E-state index is 10.8. The highest BCUT2D eigenvalue weighted by atomic mass is 16.5. The molecule has 0 bridgehead atoms. The molecule has 0 aromatic heterocycles. The van der Waals surface area contributed by atoms with E-state index in [9.17, 15) is 10.2 Å². The number of rotatable bonds is 5. The Hall–Kier alpha value is -0.980. The Balaban J connectivity index is 1.67. The van der Waals surface area contributed by atoms with E-state index < -0.39 is 11.2 Å². The zero-order valence-corrected chi connectivity index (χ0v) is 14.5. The van der Waals surface area contributed by atoms with E-state index in [4.69, 9.17) is 9.47 Å². The van der Waals surface area contributed by atoms with Gasteiger partial charge in [0.1, 0.15) is 5.60 Å². The number of aliphatic hydroxyl groups excluding tert-OH is 1. The van der Waals surface area contributed by atoms with Crippen LogP contribution in [-0.4, -0.2) is 72.4 Å². The Kier molecular flexibility index (Phi) is 5.57. The highest BCUT2D eigenvalue weighted by Gasteiger charge is 2.40. The molecule has 2 fully saturated rings. The Bertz CT molecular complexity index is 544. The van der Waals surface area contributed by atoms with E-state index in [1.54, 1.807) is 0 Å². The number of nitrogens with zero attached hydrogens (tertiary/aromatic N) is 1. The number of aliphatic hydroxyl groups is 2. The smallest absolute Gasteiger partial charge is 0.108 e. The van der Waals surface area contributed by atoms with Crippen LogP contribution in [0, 0.1) is 6.92 Å². The molecule has 2 aliphatic heterocycles. The van der Waals surface area contributed by atoms with Gasteiger partial charge in [0.05, 0.1) is 18.8 Å². The number of hydrogen-bond donors (Lipinski definition) is 2. The van der Waals surface area contributed by atoms with Crippen LogP contribution in [0.25, 0.3) is 0 Å². The second-order valence-corrected chi connectivity index (χ2v) is 7.40. The van der Waals surface area contributed by atoms with Crippen LogP contribution in [0.4, 0.5) is 0 Å². The summed E-state index contributed by atoms with van der Waals surface area (Å²) in [7, 11) is 0. The van der Waals surface area contributed by atoms with Gasteiger partial charge in [-0.25, -0.2) is 0 Å². The van der Waals surface area contributed by atoms with Crippen LogP contribution in [0.2, 0.25) is 0 Å². The summed E-state index contributed by atoms with van der Waals surface area (Å²) in [6.07, 6.45) is 2.03. The highest BCUT2D eigenvalue weighted by molar-refractivity contribution is 5.24. The Labute approximate surface area is 144 Å². The third-order valence-electron chi connectivity index (χ3n) is 5.17. The van der Waals surface area contributed by atoms with Gasteiger partial charge < -0.3 is 19.7 Å². The van der Waals surface area contributed by atoms with Crippen molar-refractivity contribution in [3.05, 3.63) is 35.4 Å². The molecule has 1 aromatic carbocycles. The van der Waals surface area contributed by atoms with E-state index in [-0.39, 0.29) is 6.61 Å². The molecule has 0 unspecified atom stereocenters. The summed E-state index contributed by atoms with van der Waals surface area (Å²) in [5, 5.41) is 20.8. The molecular formula is C19H29NO4. The van der Waals surface area contributed by atoms with Crippen LogP contribution >= 0.6 is 0 Å². The first kappa shape index (κ1) is 17.8. The minimum absolute atomic E-state index is 0.0149. The van der Waals surface area contributed by atoms with Crippen molar-refractivity contribution < 1.29 is 19.7 Å². The molecule has 2 heterocycles. The van der Waals surface area contributed by atoms with E-state index in [1.165, 1.54) is 11.1 Å². The average molecular weight is 335 g/mol. The largest absolute Gasteiger partial charge is 0.393 e. The molecule has 0 spiro atoms. The maximum atomic E-state index is 10.8. The molecule has 5 nitrogen and oxygen atoms in total. The summed E-state index contributed by atoms with van der Waals surface area (Å²) in [6.45, 7) is 5.93. The van der Waals surface area contributed by atoms with Crippen LogP contribution in [-0.2, 0) is 15.9 Å². The quantitative estimate of drug-likeness (QED) is 0.845. The zero-order valence-electron chi connectivity index (χ0n) is 14.5. The van der Waals surface area contributed by atoms with Crippen LogP contribution < -0.4 is 0 Å². The van der Waals surface area contributed by atoms with Gasteiger partial charge in [0.15, 0.2) is 0 Å². The van der Waals surface area contributed by atoms with E-state index in [0.717, 1.165) is 6.54 Å². The van der Waals surface area contributed by atoms with Crippen LogP contribution in [0.3, 0.4) is 0 Å². The topological polar surface area (TPSA) is 62.2 Å². The molecule has 1 atom stereocenters. The SMILES string of the molecule is Cc1cccc(C[C@@]2(CO)CN(CC3(O)CCOCC3)CCO2)c1. The molecule has 2 saturated heterocycles.